The molecular weight excluding hydrogens is 336 g/mol. The van der Waals surface area contributed by atoms with Gasteiger partial charge in [0.2, 0.25) is 5.76 Å². The lowest BCUT2D eigenvalue weighted by Gasteiger charge is -2.03. The van der Waals surface area contributed by atoms with E-state index < -0.39 is 5.97 Å². The van der Waals surface area contributed by atoms with Crippen molar-refractivity contribution in [3.05, 3.63) is 71.8 Å². The number of aromatic nitrogens is 2. The molecule has 0 saturated heterocycles. The first-order valence-corrected chi connectivity index (χ1v) is 7.90. The number of rotatable bonds is 5. The summed E-state index contributed by atoms with van der Waals surface area (Å²) in [6.07, 6.45) is 1.54. The van der Waals surface area contributed by atoms with Crippen molar-refractivity contribution < 1.29 is 23.0 Å². The van der Waals surface area contributed by atoms with Gasteiger partial charge in [0.25, 0.3) is 0 Å². The normalized spacial score (nSPS) is 10.8. The number of carbonyl (C=O) groups excluding carboxylic acids is 1. The largest absolute Gasteiger partial charge is 0.461 e. The lowest BCUT2D eigenvalue weighted by atomic mass is 10.1. The van der Waals surface area contributed by atoms with Crippen LogP contribution in [0.4, 0.5) is 0 Å². The molecule has 7 nitrogen and oxygen atoms in total. The Morgan fingerprint density at radius 2 is 1.88 bits per heavy atom. The molecule has 130 valence electrons. The van der Waals surface area contributed by atoms with E-state index >= 15 is 0 Å². The summed E-state index contributed by atoms with van der Waals surface area (Å²) in [6, 6.07) is 14.5. The van der Waals surface area contributed by atoms with E-state index in [1.165, 1.54) is 6.26 Å². The molecular formula is C19H14N2O5. The van der Waals surface area contributed by atoms with E-state index in [1.54, 1.807) is 25.1 Å². The lowest BCUT2D eigenvalue weighted by molar-refractivity contribution is 0.0463. The molecule has 0 N–H and O–H groups in total. The Kier molecular flexibility index (Phi) is 4.10. The Morgan fingerprint density at radius 3 is 2.65 bits per heavy atom. The van der Waals surface area contributed by atoms with Crippen molar-refractivity contribution in [3.8, 4) is 22.8 Å². The van der Waals surface area contributed by atoms with E-state index in [2.05, 4.69) is 10.3 Å². The van der Waals surface area contributed by atoms with Crippen LogP contribution in [0.2, 0.25) is 0 Å². The van der Waals surface area contributed by atoms with Gasteiger partial charge in [-0.3, -0.25) is 0 Å². The smallest absolute Gasteiger partial charge is 0.344 e. The minimum Gasteiger partial charge on any atom is -0.461 e. The number of esters is 1. The molecule has 0 aliphatic carbocycles. The molecule has 4 rings (SSSR count). The van der Waals surface area contributed by atoms with Crippen molar-refractivity contribution in [2.45, 2.75) is 13.5 Å². The van der Waals surface area contributed by atoms with Gasteiger partial charge in [0.15, 0.2) is 5.76 Å². The highest BCUT2D eigenvalue weighted by Gasteiger charge is 2.23. The SMILES string of the molecule is Cc1onc(-c2ccccc2)c1C(=O)OCc1cc(-c2ccco2)on1. The number of ether oxygens (including phenoxy) is 1. The second kappa shape index (κ2) is 6.72. The average Bonchev–Trinajstić information content (AvgIpc) is 3.40. The summed E-state index contributed by atoms with van der Waals surface area (Å²) in [5, 5.41) is 7.85. The van der Waals surface area contributed by atoms with Crippen LogP contribution in [0.25, 0.3) is 22.8 Å². The second-order valence-corrected chi connectivity index (χ2v) is 5.56. The Bertz CT molecular complexity index is 1020. The van der Waals surface area contributed by atoms with Gasteiger partial charge in [-0.1, -0.05) is 40.6 Å². The number of aryl methyl sites for hydroxylation is 1. The Morgan fingerprint density at radius 1 is 1.04 bits per heavy atom. The molecule has 0 amide bonds. The van der Waals surface area contributed by atoms with Gasteiger partial charge in [-0.05, 0) is 19.1 Å². The van der Waals surface area contributed by atoms with Gasteiger partial charge >= 0.3 is 5.97 Å². The molecule has 0 radical (unpaired) electrons. The van der Waals surface area contributed by atoms with E-state index in [4.69, 9.17) is 18.2 Å². The maximum Gasteiger partial charge on any atom is 0.344 e. The zero-order valence-electron chi connectivity index (χ0n) is 13.8. The first kappa shape index (κ1) is 15.9. The fourth-order valence-electron chi connectivity index (χ4n) is 2.53. The van der Waals surface area contributed by atoms with Crippen molar-refractivity contribution in [1.29, 1.82) is 0 Å². The van der Waals surface area contributed by atoms with Crippen molar-refractivity contribution in [2.75, 3.05) is 0 Å². The van der Waals surface area contributed by atoms with Gasteiger partial charge in [0.1, 0.15) is 29.3 Å². The van der Waals surface area contributed by atoms with Crippen LogP contribution in [-0.4, -0.2) is 16.3 Å². The molecule has 0 saturated carbocycles. The molecule has 0 aliphatic rings. The van der Waals surface area contributed by atoms with Crippen LogP contribution in [0.5, 0.6) is 0 Å². The third-order valence-electron chi connectivity index (χ3n) is 3.79. The summed E-state index contributed by atoms with van der Waals surface area (Å²) >= 11 is 0. The van der Waals surface area contributed by atoms with E-state index in [1.807, 2.05) is 30.3 Å². The molecule has 1 aromatic carbocycles. The molecule has 0 unspecified atom stereocenters. The molecule has 0 atom stereocenters. The highest BCUT2D eigenvalue weighted by Crippen LogP contribution is 2.26. The standard InChI is InChI=1S/C19H14N2O5/c1-12-17(18(21-25-12)13-6-3-2-4-7-13)19(22)24-11-14-10-16(26-20-14)15-8-5-9-23-15/h2-10H,11H2,1H3. The number of carbonyl (C=O) groups is 1. The average molecular weight is 350 g/mol. The summed E-state index contributed by atoms with van der Waals surface area (Å²) in [5.74, 6) is 0.874. The van der Waals surface area contributed by atoms with Gasteiger partial charge < -0.3 is 18.2 Å². The van der Waals surface area contributed by atoms with Gasteiger partial charge in [-0.2, -0.15) is 0 Å². The summed E-state index contributed by atoms with van der Waals surface area (Å²) < 4.78 is 21.0. The van der Waals surface area contributed by atoms with E-state index in [-0.39, 0.29) is 6.61 Å². The zero-order chi connectivity index (χ0) is 17.9. The third kappa shape index (κ3) is 3.02. The molecule has 4 aromatic rings. The first-order chi connectivity index (χ1) is 12.7. The molecule has 3 aromatic heterocycles. The predicted molar refractivity (Wildman–Crippen MR) is 90.0 cm³/mol. The van der Waals surface area contributed by atoms with Crippen LogP contribution in [0.1, 0.15) is 21.8 Å². The van der Waals surface area contributed by atoms with E-state index in [0.717, 1.165) is 5.56 Å². The third-order valence-corrected chi connectivity index (χ3v) is 3.79. The molecule has 0 bridgehead atoms. The zero-order valence-corrected chi connectivity index (χ0v) is 13.8. The fraction of sp³-hybridized carbons (Fsp3) is 0.105. The number of hydrogen-bond donors (Lipinski definition) is 0. The molecule has 7 heteroatoms. The van der Waals surface area contributed by atoms with E-state index in [0.29, 0.717) is 34.2 Å². The molecule has 3 heterocycles. The highest BCUT2D eigenvalue weighted by molar-refractivity contribution is 5.97. The summed E-state index contributed by atoms with van der Waals surface area (Å²) in [7, 11) is 0. The minimum atomic E-state index is -0.537. The fourth-order valence-corrected chi connectivity index (χ4v) is 2.53. The second-order valence-electron chi connectivity index (χ2n) is 5.56. The van der Waals surface area contributed by atoms with Crippen LogP contribution in [0, 0.1) is 6.92 Å². The summed E-state index contributed by atoms with van der Waals surface area (Å²) in [5.41, 5.74) is 1.99. The van der Waals surface area contributed by atoms with Crippen LogP contribution in [0.15, 0.2) is 68.3 Å². The molecule has 26 heavy (non-hydrogen) atoms. The number of benzene rings is 1. The molecule has 0 spiro atoms. The molecule has 0 aliphatic heterocycles. The maximum absolute atomic E-state index is 12.5. The predicted octanol–water partition coefficient (Wildman–Crippen LogP) is 4.26. The van der Waals surface area contributed by atoms with Crippen LogP contribution < -0.4 is 0 Å². The summed E-state index contributed by atoms with van der Waals surface area (Å²) in [4.78, 5) is 12.5. The van der Waals surface area contributed by atoms with Crippen molar-refractivity contribution in [3.63, 3.8) is 0 Å². The molecule has 0 fully saturated rings. The first-order valence-electron chi connectivity index (χ1n) is 7.90. The Balaban J connectivity index is 1.50. The van der Waals surface area contributed by atoms with Gasteiger partial charge in [0, 0.05) is 11.6 Å². The lowest BCUT2D eigenvalue weighted by Crippen LogP contribution is -2.07. The number of hydrogen-bond acceptors (Lipinski definition) is 7. The summed E-state index contributed by atoms with van der Waals surface area (Å²) in [6.45, 7) is 1.63. The van der Waals surface area contributed by atoms with Gasteiger partial charge in [0.05, 0.1) is 6.26 Å². The van der Waals surface area contributed by atoms with E-state index in [9.17, 15) is 4.79 Å². The van der Waals surface area contributed by atoms with Crippen molar-refractivity contribution in [1.82, 2.24) is 10.3 Å². The van der Waals surface area contributed by atoms with Crippen LogP contribution in [0.3, 0.4) is 0 Å². The number of furan rings is 1. The van der Waals surface area contributed by atoms with Gasteiger partial charge in [-0.15, -0.1) is 0 Å². The minimum absolute atomic E-state index is 0.0398. The number of nitrogens with zero attached hydrogens (tertiary/aromatic N) is 2. The Hall–Kier alpha value is -3.61. The maximum atomic E-state index is 12.5. The van der Waals surface area contributed by atoms with Crippen LogP contribution in [-0.2, 0) is 11.3 Å². The van der Waals surface area contributed by atoms with Gasteiger partial charge in [-0.25, -0.2) is 4.79 Å². The van der Waals surface area contributed by atoms with Crippen LogP contribution >= 0.6 is 0 Å². The monoisotopic (exact) mass is 350 g/mol. The highest BCUT2D eigenvalue weighted by atomic mass is 16.5. The topological polar surface area (TPSA) is 91.5 Å². The Labute approximate surface area is 148 Å². The quantitative estimate of drug-likeness (QED) is 0.497. The van der Waals surface area contributed by atoms with Crippen molar-refractivity contribution in [2.24, 2.45) is 0 Å². The van der Waals surface area contributed by atoms with Crippen molar-refractivity contribution >= 4 is 5.97 Å².